The van der Waals surface area contributed by atoms with Gasteiger partial charge in [0, 0.05) is 44.5 Å². The van der Waals surface area contributed by atoms with Crippen molar-refractivity contribution < 1.29 is 28.2 Å². The van der Waals surface area contributed by atoms with Gasteiger partial charge in [-0.3, -0.25) is 19.3 Å². The van der Waals surface area contributed by atoms with Crippen molar-refractivity contribution in [3.8, 4) is 11.5 Å². The van der Waals surface area contributed by atoms with E-state index in [0.29, 0.717) is 22.7 Å². The van der Waals surface area contributed by atoms with Crippen LogP contribution in [0, 0.1) is 12.7 Å². The van der Waals surface area contributed by atoms with Crippen molar-refractivity contribution in [1.82, 2.24) is 9.47 Å². The van der Waals surface area contributed by atoms with Crippen molar-refractivity contribution in [3.05, 3.63) is 93.2 Å². The molecular weight excluding hydrogens is 557 g/mol. The zero-order valence-corrected chi connectivity index (χ0v) is 22.6. The quantitative estimate of drug-likeness (QED) is 0.269. The maximum Gasteiger partial charge on any atom is 0.293 e. The maximum atomic E-state index is 14.3. The van der Waals surface area contributed by atoms with E-state index in [4.69, 9.17) is 21.1 Å². The Morgan fingerprint density at radius 3 is 2.73 bits per heavy atom. The molecule has 1 aromatic heterocycles. The monoisotopic (exact) mass is 577 g/mol. The first-order valence-electron chi connectivity index (χ1n) is 12.3. The average molecular weight is 578 g/mol. The Morgan fingerprint density at radius 1 is 1.10 bits per heavy atom. The fraction of sp³-hybridized carbons (Fsp3) is 0.138. The summed E-state index contributed by atoms with van der Waals surface area (Å²) in [5.74, 6) is -0.193. The number of anilines is 1. The smallest absolute Gasteiger partial charge is 0.293 e. The van der Waals surface area contributed by atoms with Gasteiger partial charge in [-0.25, -0.2) is 4.39 Å². The molecule has 1 fully saturated rings. The number of fused-ring (bicyclic) bond motifs is 2. The summed E-state index contributed by atoms with van der Waals surface area (Å²) in [6.07, 6.45) is 1.65. The van der Waals surface area contributed by atoms with Crippen LogP contribution in [-0.2, 0) is 22.7 Å². The predicted molar refractivity (Wildman–Crippen MR) is 151 cm³/mol. The molecule has 0 unspecified atom stereocenters. The van der Waals surface area contributed by atoms with E-state index in [1.807, 2.05) is 35.8 Å². The number of hydrogen-bond acceptors (Lipinski definition) is 6. The number of aromatic nitrogens is 1. The molecule has 4 aromatic rings. The van der Waals surface area contributed by atoms with Gasteiger partial charge in [0.2, 0.25) is 12.7 Å². The summed E-state index contributed by atoms with van der Waals surface area (Å²) in [5, 5.41) is 3.33. The van der Waals surface area contributed by atoms with E-state index in [-0.39, 0.29) is 41.3 Å². The molecule has 6 rings (SSSR count). The molecule has 8 nitrogen and oxygen atoms in total. The highest BCUT2D eigenvalue weighted by molar-refractivity contribution is 8.18. The molecule has 1 saturated heterocycles. The standard InChI is InChI=1S/C29H21ClFN3O5S/c1-16-19(12-26-28(36)34(29(37)40-26)13-20-21(30)6-4-7-22(20)31)18-5-2-3-8-23(18)33(16)14-27(35)32-17-9-10-24-25(11-17)39-15-38-24/h2-12H,13-15H2,1H3,(H,32,35)/b26-12-. The Bertz CT molecular complexity index is 1730. The topological polar surface area (TPSA) is 89.9 Å². The summed E-state index contributed by atoms with van der Waals surface area (Å²) in [5.41, 5.74) is 2.90. The fourth-order valence-corrected chi connectivity index (χ4v) is 5.81. The van der Waals surface area contributed by atoms with Crippen LogP contribution in [-0.4, -0.2) is 33.3 Å². The average Bonchev–Trinajstić information content (AvgIpc) is 3.58. The van der Waals surface area contributed by atoms with Gasteiger partial charge in [0.25, 0.3) is 11.1 Å². The molecule has 3 amide bonds. The van der Waals surface area contributed by atoms with Crippen LogP contribution in [0.25, 0.3) is 17.0 Å². The highest BCUT2D eigenvalue weighted by atomic mass is 35.5. The van der Waals surface area contributed by atoms with Gasteiger partial charge in [-0.2, -0.15) is 0 Å². The van der Waals surface area contributed by atoms with Crippen LogP contribution >= 0.6 is 23.4 Å². The zero-order chi connectivity index (χ0) is 28.0. The Labute approximate surface area is 237 Å². The predicted octanol–water partition coefficient (Wildman–Crippen LogP) is 6.35. The molecule has 3 heterocycles. The first kappa shape index (κ1) is 26.0. The summed E-state index contributed by atoms with van der Waals surface area (Å²) in [6, 6.07) is 16.9. The molecule has 2 aliphatic heterocycles. The summed E-state index contributed by atoms with van der Waals surface area (Å²) in [6.45, 7) is 1.74. The van der Waals surface area contributed by atoms with Gasteiger partial charge in [0.05, 0.1) is 11.4 Å². The third-order valence-electron chi connectivity index (χ3n) is 6.76. The molecule has 0 radical (unpaired) electrons. The maximum absolute atomic E-state index is 14.3. The molecule has 0 atom stereocenters. The van der Waals surface area contributed by atoms with Crippen LogP contribution in [0.1, 0.15) is 16.8 Å². The lowest BCUT2D eigenvalue weighted by Crippen LogP contribution is -2.28. The molecule has 1 N–H and O–H groups in total. The van der Waals surface area contributed by atoms with Gasteiger partial charge in [0.15, 0.2) is 11.5 Å². The number of para-hydroxylation sites is 1. The van der Waals surface area contributed by atoms with Crippen LogP contribution in [0.4, 0.5) is 14.9 Å². The molecule has 40 heavy (non-hydrogen) atoms. The number of benzene rings is 3. The van der Waals surface area contributed by atoms with E-state index < -0.39 is 17.0 Å². The number of ether oxygens (including phenoxy) is 2. The van der Waals surface area contributed by atoms with Gasteiger partial charge in [-0.05, 0) is 55.1 Å². The van der Waals surface area contributed by atoms with Crippen molar-refractivity contribution in [2.75, 3.05) is 12.1 Å². The van der Waals surface area contributed by atoms with E-state index in [9.17, 15) is 18.8 Å². The molecule has 0 bridgehead atoms. The SMILES string of the molecule is Cc1c(/C=C2\SC(=O)N(Cc3c(F)cccc3Cl)C2=O)c2ccccc2n1CC(=O)Nc1ccc2c(c1)OCO2. The highest BCUT2D eigenvalue weighted by Crippen LogP contribution is 2.37. The minimum absolute atomic E-state index is 0.0158. The van der Waals surface area contributed by atoms with Gasteiger partial charge in [-0.15, -0.1) is 0 Å². The van der Waals surface area contributed by atoms with Crippen molar-refractivity contribution >= 4 is 63.1 Å². The van der Waals surface area contributed by atoms with Gasteiger partial charge in [-0.1, -0.05) is 35.9 Å². The number of thioether (sulfide) groups is 1. The molecule has 0 aliphatic carbocycles. The fourth-order valence-electron chi connectivity index (χ4n) is 4.77. The van der Waals surface area contributed by atoms with E-state index in [1.54, 1.807) is 24.3 Å². The summed E-state index contributed by atoms with van der Waals surface area (Å²) >= 11 is 6.90. The van der Waals surface area contributed by atoms with Gasteiger partial charge in [0.1, 0.15) is 12.4 Å². The number of carbonyl (C=O) groups excluding carboxylic acids is 3. The molecule has 11 heteroatoms. The number of hydrogen-bond donors (Lipinski definition) is 1. The second kappa shape index (κ2) is 10.4. The van der Waals surface area contributed by atoms with E-state index in [0.717, 1.165) is 33.3 Å². The van der Waals surface area contributed by atoms with Crippen molar-refractivity contribution in [3.63, 3.8) is 0 Å². The van der Waals surface area contributed by atoms with E-state index >= 15 is 0 Å². The van der Waals surface area contributed by atoms with E-state index in [1.165, 1.54) is 18.2 Å². The number of imide groups is 1. The number of nitrogens with one attached hydrogen (secondary N) is 1. The van der Waals surface area contributed by atoms with Crippen molar-refractivity contribution in [2.45, 2.75) is 20.0 Å². The third-order valence-corrected chi connectivity index (χ3v) is 8.03. The number of halogens is 2. The highest BCUT2D eigenvalue weighted by Gasteiger charge is 2.36. The lowest BCUT2D eigenvalue weighted by atomic mass is 10.1. The van der Waals surface area contributed by atoms with Crippen LogP contribution in [0.15, 0.2) is 65.6 Å². The molecule has 2 aliphatic rings. The first-order chi connectivity index (χ1) is 19.3. The van der Waals surface area contributed by atoms with E-state index in [2.05, 4.69) is 5.32 Å². The molecule has 3 aromatic carbocycles. The molecule has 0 saturated carbocycles. The normalized spacial score (nSPS) is 15.5. The first-order valence-corrected chi connectivity index (χ1v) is 13.4. The van der Waals surface area contributed by atoms with Crippen LogP contribution in [0.2, 0.25) is 5.02 Å². The molecule has 202 valence electrons. The van der Waals surface area contributed by atoms with Crippen LogP contribution in [0.5, 0.6) is 11.5 Å². The van der Waals surface area contributed by atoms with Gasteiger partial charge < -0.3 is 19.4 Å². The second-order valence-corrected chi connectivity index (χ2v) is 10.6. The minimum atomic E-state index is -0.589. The number of amides is 3. The van der Waals surface area contributed by atoms with Crippen LogP contribution in [0.3, 0.4) is 0 Å². The van der Waals surface area contributed by atoms with Gasteiger partial charge >= 0.3 is 0 Å². The zero-order valence-electron chi connectivity index (χ0n) is 21.1. The Morgan fingerprint density at radius 2 is 1.90 bits per heavy atom. The number of rotatable bonds is 6. The van der Waals surface area contributed by atoms with Crippen LogP contribution < -0.4 is 14.8 Å². The summed E-state index contributed by atoms with van der Waals surface area (Å²) < 4.78 is 26.9. The minimum Gasteiger partial charge on any atom is -0.454 e. The Hall–Kier alpha value is -4.28. The largest absolute Gasteiger partial charge is 0.454 e. The molecule has 0 spiro atoms. The number of nitrogens with zero attached hydrogens (tertiary/aromatic N) is 2. The Balaban J connectivity index is 1.28. The third kappa shape index (κ3) is 4.69. The lowest BCUT2D eigenvalue weighted by Gasteiger charge is -2.14. The second-order valence-electron chi connectivity index (χ2n) is 9.19. The summed E-state index contributed by atoms with van der Waals surface area (Å²) in [4.78, 5) is 40.2. The van der Waals surface area contributed by atoms with Crippen molar-refractivity contribution in [2.24, 2.45) is 0 Å². The van der Waals surface area contributed by atoms with Crippen molar-refractivity contribution in [1.29, 1.82) is 0 Å². The summed E-state index contributed by atoms with van der Waals surface area (Å²) in [7, 11) is 0. The lowest BCUT2D eigenvalue weighted by molar-refractivity contribution is -0.123. The number of carbonyl (C=O) groups is 3. The molecular formula is C29H21ClFN3O5S. The Kier molecular flexibility index (Phi) is 6.73.